The lowest BCUT2D eigenvalue weighted by molar-refractivity contribution is 0.102. The largest absolute Gasteiger partial charge is 0.288 e. The van der Waals surface area contributed by atoms with Crippen molar-refractivity contribution in [3.05, 3.63) is 58.3 Å². The minimum atomic E-state index is -0.336. The molecular weight excluding hydrogens is 300 g/mol. The first kappa shape index (κ1) is 13.9. The summed E-state index contributed by atoms with van der Waals surface area (Å²) < 4.78 is 1.61. The van der Waals surface area contributed by atoms with Crippen molar-refractivity contribution in [2.45, 2.75) is 6.54 Å². The highest BCUT2D eigenvalue weighted by molar-refractivity contribution is 7.07. The first-order chi connectivity index (χ1) is 10.7. The van der Waals surface area contributed by atoms with Gasteiger partial charge in [0.05, 0.1) is 23.7 Å². The van der Waals surface area contributed by atoms with Crippen LogP contribution >= 0.6 is 11.3 Å². The molecule has 0 atom stereocenters. The Morgan fingerprint density at radius 1 is 1.32 bits per heavy atom. The van der Waals surface area contributed by atoms with E-state index in [0.29, 0.717) is 17.8 Å². The maximum Gasteiger partial charge on any atom is 0.277 e. The van der Waals surface area contributed by atoms with E-state index in [1.54, 1.807) is 27.7 Å². The summed E-state index contributed by atoms with van der Waals surface area (Å²) in [7, 11) is 0. The van der Waals surface area contributed by atoms with Crippen LogP contribution < -0.4 is 5.32 Å². The zero-order valence-electron chi connectivity index (χ0n) is 11.3. The molecule has 108 valence electrons. The van der Waals surface area contributed by atoms with Crippen molar-refractivity contribution in [2.24, 2.45) is 0 Å². The van der Waals surface area contributed by atoms with E-state index in [0.717, 1.165) is 5.56 Å². The van der Waals surface area contributed by atoms with Gasteiger partial charge in [-0.3, -0.25) is 10.1 Å². The van der Waals surface area contributed by atoms with E-state index < -0.39 is 0 Å². The zero-order chi connectivity index (χ0) is 15.4. The molecule has 0 aliphatic carbocycles. The molecule has 1 amide bonds. The number of carbonyl (C=O) groups is 1. The topological polar surface area (TPSA) is 96.5 Å². The summed E-state index contributed by atoms with van der Waals surface area (Å²) in [6.45, 7) is 0.505. The average Bonchev–Trinajstić information content (AvgIpc) is 3.20. The second-order valence-corrected chi connectivity index (χ2v) is 5.12. The second-order valence-electron chi connectivity index (χ2n) is 4.40. The van der Waals surface area contributed by atoms with E-state index in [9.17, 15) is 4.79 Å². The first-order valence-electron chi connectivity index (χ1n) is 6.32. The molecule has 1 aromatic carbocycles. The van der Waals surface area contributed by atoms with Crippen molar-refractivity contribution in [3.8, 4) is 6.07 Å². The summed E-state index contributed by atoms with van der Waals surface area (Å²) >= 11 is 1.35. The Hall–Kier alpha value is -3.05. The Kier molecular flexibility index (Phi) is 3.89. The van der Waals surface area contributed by atoms with Gasteiger partial charge in [0, 0.05) is 5.38 Å². The number of hydrogen-bond donors (Lipinski definition) is 1. The van der Waals surface area contributed by atoms with Gasteiger partial charge in [-0.05, 0) is 17.7 Å². The molecule has 0 aliphatic heterocycles. The van der Waals surface area contributed by atoms with E-state index in [2.05, 4.69) is 26.5 Å². The van der Waals surface area contributed by atoms with Crippen LogP contribution in [-0.2, 0) is 6.54 Å². The number of aromatic nitrogens is 4. The number of nitriles is 1. The maximum absolute atomic E-state index is 11.8. The van der Waals surface area contributed by atoms with Gasteiger partial charge in [0.25, 0.3) is 5.91 Å². The number of benzene rings is 1. The van der Waals surface area contributed by atoms with Gasteiger partial charge >= 0.3 is 0 Å². The van der Waals surface area contributed by atoms with E-state index in [1.807, 2.05) is 12.1 Å². The lowest BCUT2D eigenvalue weighted by Crippen LogP contribution is -2.13. The van der Waals surface area contributed by atoms with Crippen LogP contribution in [0.5, 0.6) is 0 Å². The molecule has 8 heteroatoms. The van der Waals surface area contributed by atoms with Crippen LogP contribution in [0.2, 0.25) is 0 Å². The van der Waals surface area contributed by atoms with Gasteiger partial charge in [0.1, 0.15) is 12.0 Å². The fraction of sp³-hybridized carbons (Fsp3) is 0.0714. The Morgan fingerprint density at radius 2 is 2.14 bits per heavy atom. The molecule has 0 unspecified atom stereocenters. The average molecular weight is 310 g/mol. The summed E-state index contributed by atoms with van der Waals surface area (Å²) in [5.41, 5.74) is 3.53. The molecule has 2 aromatic heterocycles. The minimum absolute atomic E-state index is 0.228. The number of amides is 1. The molecule has 2 heterocycles. The quantitative estimate of drug-likeness (QED) is 0.794. The number of nitrogens with one attached hydrogen (secondary N) is 1. The van der Waals surface area contributed by atoms with Gasteiger partial charge in [-0.1, -0.05) is 12.1 Å². The SMILES string of the molecule is N#Cc1ccc(Cn2cnc(NC(=O)c3cscn3)n2)cc1. The van der Waals surface area contributed by atoms with Gasteiger partial charge in [0.2, 0.25) is 5.95 Å². The third-order valence-corrected chi connectivity index (χ3v) is 3.44. The van der Waals surface area contributed by atoms with Crippen molar-refractivity contribution in [3.63, 3.8) is 0 Å². The number of anilines is 1. The van der Waals surface area contributed by atoms with Crippen LogP contribution in [0.15, 0.2) is 41.5 Å². The Bertz CT molecular complexity index is 816. The fourth-order valence-electron chi connectivity index (χ4n) is 1.79. The van der Waals surface area contributed by atoms with E-state index in [1.165, 1.54) is 17.7 Å². The van der Waals surface area contributed by atoms with Gasteiger partial charge in [-0.25, -0.2) is 14.6 Å². The van der Waals surface area contributed by atoms with Crippen molar-refractivity contribution in [1.82, 2.24) is 19.7 Å². The Balaban J connectivity index is 1.66. The Labute approximate surface area is 129 Å². The smallest absolute Gasteiger partial charge is 0.277 e. The summed E-state index contributed by atoms with van der Waals surface area (Å²) in [5.74, 6) is -0.107. The summed E-state index contributed by atoms with van der Waals surface area (Å²) in [6, 6.07) is 9.27. The Morgan fingerprint density at radius 3 is 2.82 bits per heavy atom. The van der Waals surface area contributed by atoms with Crippen LogP contribution in [-0.4, -0.2) is 25.7 Å². The normalized spacial score (nSPS) is 10.1. The van der Waals surface area contributed by atoms with Gasteiger partial charge in [-0.2, -0.15) is 5.26 Å². The molecule has 7 nitrogen and oxygen atoms in total. The zero-order valence-corrected chi connectivity index (χ0v) is 12.1. The van der Waals surface area contributed by atoms with Crippen molar-refractivity contribution < 1.29 is 4.79 Å². The van der Waals surface area contributed by atoms with Crippen LogP contribution in [0.3, 0.4) is 0 Å². The number of carbonyl (C=O) groups excluding carboxylic acids is 1. The summed E-state index contributed by atoms with van der Waals surface area (Å²) in [6.07, 6.45) is 1.54. The van der Waals surface area contributed by atoms with Crippen LogP contribution in [0.25, 0.3) is 0 Å². The molecular formula is C14H10N6OS. The molecule has 0 saturated heterocycles. The van der Waals surface area contributed by atoms with Crippen molar-refractivity contribution >= 4 is 23.2 Å². The molecule has 1 N–H and O–H groups in total. The summed E-state index contributed by atoms with van der Waals surface area (Å²) in [4.78, 5) is 19.8. The number of hydrogen-bond acceptors (Lipinski definition) is 6. The molecule has 0 spiro atoms. The monoisotopic (exact) mass is 310 g/mol. The highest BCUT2D eigenvalue weighted by atomic mass is 32.1. The van der Waals surface area contributed by atoms with E-state index in [4.69, 9.17) is 5.26 Å². The number of rotatable bonds is 4. The van der Waals surface area contributed by atoms with E-state index >= 15 is 0 Å². The second kappa shape index (κ2) is 6.15. The van der Waals surface area contributed by atoms with Gasteiger partial charge < -0.3 is 0 Å². The summed E-state index contributed by atoms with van der Waals surface area (Å²) in [5, 5.41) is 17.2. The molecule has 3 rings (SSSR count). The van der Waals surface area contributed by atoms with Crippen LogP contribution in [0.4, 0.5) is 5.95 Å². The van der Waals surface area contributed by atoms with Gasteiger partial charge in [-0.15, -0.1) is 16.4 Å². The molecule has 0 fully saturated rings. The number of thiazole rings is 1. The van der Waals surface area contributed by atoms with Crippen LogP contribution in [0, 0.1) is 11.3 Å². The van der Waals surface area contributed by atoms with Crippen molar-refractivity contribution in [2.75, 3.05) is 5.32 Å². The molecule has 0 radical (unpaired) electrons. The molecule has 0 bridgehead atoms. The highest BCUT2D eigenvalue weighted by Crippen LogP contribution is 2.07. The molecule has 0 aliphatic rings. The lowest BCUT2D eigenvalue weighted by atomic mass is 10.1. The van der Waals surface area contributed by atoms with E-state index in [-0.39, 0.29) is 11.9 Å². The lowest BCUT2D eigenvalue weighted by Gasteiger charge is -2.01. The number of nitrogens with zero attached hydrogens (tertiary/aromatic N) is 5. The first-order valence-corrected chi connectivity index (χ1v) is 7.27. The standard InChI is InChI=1S/C14H10N6OS/c15-5-10-1-3-11(4-2-10)6-20-8-16-14(19-20)18-13(21)12-7-22-9-17-12/h1-4,7-9H,6H2,(H,18,19,21). The fourth-order valence-corrected chi connectivity index (χ4v) is 2.32. The molecule has 0 saturated carbocycles. The minimum Gasteiger partial charge on any atom is -0.288 e. The maximum atomic E-state index is 11.8. The molecule has 22 heavy (non-hydrogen) atoms. The predicted octanol–water partition coefficient (Wildman–Crippen LogP) is 1.91. The van der Waals surface area contributed by atoms with Crippen LogP contribution in [0.1, 0.15) is 21.6 Å². The van der Waals surface area contributed by atoms with Gasteiger partial charge in [0.15, 0.2) is 0 Å². The molecule has 3 aromatic rings. The van der Waals surface area contributed by atoms with Crippen molar-refractivity contribution in [1.29, 1.82) is 5.26 Å². The third kappa shape index (κ3) is 3.16. The highest BCUT2D eigenvalue weighted by Gasteiger charge is 2.10. The third-order valence-electron chi connectivity index (χ3n) is 2.85. The predicted molar refractivity (Wildman–Crippen MR) is 80.3 cm³/mol.